The molecule has 9 aromatic rings. The van der Waals surface area contributed by atoms with Crippen molar-refractivity contribution in [2.45, 2.75) is 0 Å². The number of fused-ring (bicyclic) bond motifs is 4. The van der Waals surface area contributed by atoms with Crippen LogP contribution in [0.3, 0.4) is 0 Å². The predicted octanol–water partition coefficient (Wildman–Crippen LogP) is 12.1. The smallest absolute Gasteiger partial charge is 0.227 e. The Balaban J connectivity index is 1.29. The van der Waals surface area contributed by atoms with Crippen LogP contribution in [-0.4, -0.2) is 4.98 Å². The third-order valence-corrected chi connectivity index (χ3v) is 8.71. The number of hydrogen-bond acceptors (Lipinski definition) is 3. The zero-order valence-corrected chi connectivity index (χ0v) is 24.9. The van der Waals surface area contributed by atoms with E-state index < -0.39 is 0 Å². The summed E-state index contributed by atoms with van der Waals surface area (Å²) in [7, 11) is 0. The van der Waals surface area contributed by atoms with Gasteiger partial charge in [-0.1, -0.05) is 115 Å². The van der Waals surface area contributed by atoms with E-state index in [0.29, 0.717) is 5.89 Å². The van der Waals surface area contributed by atoms with Crippen LogP contribution in [0.15, 0.2) is 173 Å². The number of oxazole rings is 1. The molecular weight excluding hydrogens is 562 g/mol. The van der Waals surface area contributed by atoms with Gasteiger partial charge in [-0.25, -0.2) is 4.98 Å². The molecule has 3 heteroatoms. The Morgan fingerprint density at radius 2 is 0.804 bits per heavy atom. The van der Waals surface area contributed by atoms with Gasteiger partial charge in [-0.3, -0.25) is 0 Å². The Kier molecular flexibility index (Phi) is 6.14. The first-order valence-electron chi connectivity index (χ1n) is 15.5. The summed E-state index contributed by atoms with van der Waals surface area (Å²) in [4.78, 5) is 4.70. The molecule has 2 aromatic heterocycles. The molecule has 0 spiro atoms. The van der Waals surface area contributed by atoms with Crippen molar-refractivity contribution in [1.82, 2.24) is 4.98 Å². The van der Waals surface area contributed by atoms with Crippen LogP contribution < -0.4 is 0 Å². The largest absolute Gasteiger partial charge is 0.455 e. The Morgan fingerprint density at radius 3 is 1.35 bits per heavy atom. The molecule has 0 saturated heterocycles. The van der Waals surface area contributed by atoms with E-state index in [2.05, 4.69) is 140 Å². The minimum absolute atomic E-state index is 0.612. The lowest BCUT2D eigenvalue weighted by Crippen LogP contribution is -1.85. The van der Waals surface area contributed by atoms with Gasteiger partial charge in [-0.15, -0.1) is 0 Å². The second kappa shape index (κ2) is 10.8. The maximum Gasteiger partial charge on any atom is 0.227 e. The average molecular weight is 590 g/mol. The Labute approximate surface area is 266 Å². The molecule has 0 bridgehead atoms. The lowest BCUT2D eigenvalue weighted by Gasteiger charge is -2.09. The molecule has 0 amide bonds. The molecule has 0 aliphatic rings. The molecule has 0 radical (unpaired) electrons. The van der Waals surface area contributed by atoms with Gasteiger partial charge < -0.3 is 8.83 Å². The summed E-state index contributed by atoms with van der Waals surface area (Å²) < 4.78 is 13.0. The molecule has 0 unspecified atom stereocenters. The molecule has 216 valence electrons. The standard InChI is InChI=1S/C43H27NO2/c1-4-12-28(13-5-1)33-24-35(30-16-8-3-9-17-30)41-37(26-33)38-27-34(29-14-6-2-7-15-29)25-36(42(38)46-41)31-20-22-32(23-21-31)43-44-39-18-10-11-19-40(39)45-43/h1-27H. The van der Waals surface area contributed by atoms with Crippen LogP contribution in [0.2, 0.25) is 0 Å². The second-order valence-corrected chi connectivity index (χ2v) is 11.6. The molecule has 0 atom stereocenters. The molecule has 0 aliphatic carbocycles. The number of hydrogen-bond donors (Lipinski definition) is 0. The third-order valence-electron chi connectivity index (χ3n) is 8.71. The predicted molar refractivity (Wildman–Crippen MR) is 188 cm³/mol. The summed E-state index contributed by atoms with van der Waals surface area (Å²) >= 11 is 0. The highest BCUT2D eigenvalue weighted by atomic mass is 16.3. The van der Waals surface area contributed by atoms with Gasteiger partial charge in [0.05, 0.1) is 0 Å². The minimum atomic E-state index is 0.612. The third kappa shape index (κ3) is 4.49. The van der Waals surface area contributed by atoms with E-state index in [1.54, 1.807) is 0 Å². The Hall–Kier alpha value is -6.19. The van der Waals surface area contributed by atoms with Crippen molar-refractivity contribution >= 4 is 33.0 Å². The van der Waals surface area contributed by atoms with Crippen LogP contribution in [-0.2, 0) is 0 Å². The number of rotatable bonds is 5. The van der Waals surface area contributed by atoms with Gasteiger partial charge in [-0.2, -0.15) is 0 Å². The van der Waals surface area contributed by atoms with Crippen molar-refractivity contribution in [3.05, 3.63) is 164 Å². The summed E-state index contributed by atoms with van der Waals surface area (Å²) in [6, 6.07) is 56.9. The summed E-state index contributed by atoms with van der Waals surface area (Å²) in [5, 5.41) is 2.18. The topological polar surface area (TPSA) is 39.2 Å². The highest BCUT2D eigenvalue weighted by Crippen LogP contribution is 2.44. The van der Waals surface area contributed by atoms with Crippen LogP contribution in [0.4, 0.5) is 0 Å². The zero-order chi connectivity index (χ0) is 30.5. The van der Waals surface area contributed by atoms with E-state index in [-0.39, 0.29) is 0 Å². The molecule has 0 fully saturated rings. The van der Waals surface area contributed by atoms with Gasteiger partial charge in [-0.05, 0) is 81.9 Å². The Bertz CT molecular complexity index is 2460. The second-order valence-electron chi connectivity index (χ2n) is 11.6. The van der Waals surface area contributed by atoms with Crippen molar-refractivity contribution < 1.29 is 8.83 Å². The van der Waals surface area contributed by atoms with Gasteiger partial charge in [0, 0.05) is 27.5 Å². The van der Waals surface area contributed by atoms with Gasteiger partial charge in [0.2, 0.25) is 5.89 Å². The van der Waals surface area contributed by atoms with Crippen molar-refractivity contribution in [2.24, 2.45) is 0 Å². The average Bonchev–Trinajstić information content (AvgIpc) is 3.74. The van der Waals surface area contributed by atoms with E-state index in [4.69, 9.17) is 13.8 Å². The molecule has 0 aliphatic heterocycles. The first kappa shape index (κ1) is 26.2. The van der Waals surface area contributed by atoms with Crippen LogP contribution in [0, 0.1) is 0 Å². The quantitative estimate of drug-likeness (QED) is 0.200. The summed E-state index contributed by atoms with van der Waals surface area (Å²) in [5.41, 5.74) is 13.2. The van der Waals surface area contributed by atoms with Gasteiger partial charge in [0.25, 0.3) is 0 Å². The van der Waals surface area contributed by atoms with Crippen molar-refractivity contribution in [3.8, 4) is 56.0 Å². The lowest BCUT2D eigenvalue weighted by molar-refractivity contribution is 0.620. The van der Waals surface area contributed by atoms with Crippen molar-refractivity contribution in [1.29, 1.82) is 0 Å². The molecule has 0 saturated carbocycles. The highest BCUT2D eigenvalue weighted by molar-refractivity contribution is 6.15. The summed E-state index contributed by atoms with van der Waals surface area (Å²) in [6.45, 7) is 0. The highest BCUT2D eigenvalue weighted by Gasteiger charge is 2.20. The fraction of sp³-hybridized carbons (Fsp3) is 0. The van der Waals surface area contributed by atoms with Crippen LogP contribution >= 0.6 is 0 Å². The van der Waals surface area contributed by atoms with Crippen LogP contribution in [0.25, 0.3) is 89.0 Å². The molecule has 3 nitrogen and oxygen atoms in total. The van der Waals surface area contributed by atoms with Crippen LogP contribution in [0.5, 0.6) is 0 Å². The number of furan rings is 1. The fourth-order valence-electron chi connectivity index (χ4n) is 6.41. The molecule has 2 heterocycles. The Morgan fingerprint density at radius 1 is 0.348 bits per heavy atom. The van der Waals surface area contributed by atoms with E-state index in [1.807, 2.05) is 24.3 Å². The number of benzene rings is 7. The van der Waals surface area contributed by atoms with Crippen LogP contribution in [0.1, 0.15) is 0 Å². The van der Waals surface area contributed by atoms with E-state index in [0.717, 1.165) is 77.5 Å². The summed E-state index contributed by atoms with van der Waals surface area (Å²) in [5.74, 6) is 0.612. The lowest BCUT2D eigenvalue weighted by atomic mass is 9.93. The first-order chi connectivity index (χ1) is 22.8. The minimum Gasteiger partial charge on any atom is -0.455 e. The molecular formula is C43H27NO2. The van der Waals surface area contributed by atoms with Gasteiger partial charge in [0.1, 0.15) is 16.7 Å². The normalized spacial score (nSPS) is 11.5. The van der Waals surface area contributed by atoms with Crippen molar-refractivity contribution in [3.63, 3.8) is 0 Å². The maximum atomic E-state index is 6.93. The SMILES string of the molecule is c1ccc(-c2cc(-c3ccccc3)c3oc4c(-c5ccc(-c6nc7ccccc7o6)cc5)cc(-c5ccccc5)cc4c3c2)cc1. The van der Waals surface area contributed by atoms with E-state index in [9.17, 15) is 0 Å². The molecule has 7 aromatic carbocycles. The number of aromatic nitrogens is 1. The molecule has 0 N–H and O–H groups in total. The summed E-state index contributed by atoms with van der Waals surface area (Å²) in [6.07, 6.45) is 0. The fourth-order valence-corrected chi connectivity index (χ4v) is 6.41. The zero-order valence-electron chi connectivity index (χ0n) is 24.9. The molecule has 9 rings (SSSR count). The number of nitrogens with zero attached hydrogens (tertiary/aromatic N) is 1. The monoisotopic (exact) mass is 589 g/mol. The maximum absolute atomic E-state index is 6.93. The molecule has 46 heavy (non-hydrogen) atoms. The van der Waals surface area contributed by atoms with Gasteiger partial charge in [0.15, 0.2) is 5.58 Å². The number of para-hydroxylation sites is 2. The van der Waals surface area contributed by atoms with E-state index in [1.165, 1.54) is 5.56 Å². The van der Waals surface area contributed by atoms with Gasteiger partial charge >= 0.3 is 0 Å². The van der Waals surface area contributed by atoms with Crippen molar-refractivity contribution in [2.75, 3.05) is 0 Å². The van der Waals surface area contributed by atoms with E-state index >= 15 is 0 Å². The first-order valence-corrected chi connectivity index (χ1v) is 15.5.